The van der Waals surface area contributed by atoms with Crippen molar-refractivity contribution in [2.24, 2.45) is 0 Å². The van der Waals surface area contributed by atoms with Crippen molar-refractivity contribution in [2.75, 3.05) is 18.8 Å². The molecule has 1 fully saturated rings. The lowest BCUT2D eigenvalue weighted by molar-refractivity contribution is -0.140. The molecule has 0 N–H and O–H groups in total. The summed E-state index contributed by atoms with van der Waals surface area (Å²) in [5.74, 6) is 1.32. The Kier molecular flexibility index (Phi) is 5.41. The molecule has 2 heterocycles. The summed E-state index contributed by atoms with van der Waals surface area (Å²) in [6.07, 6.45) is 1.98. The Balaban J connectivity index is 1.93. The van der Waals surface area contributed by atoms with Gasteiger partial charge in [-0.05, 0) is 20.8 Å². The van der Waals surface area contributed by atoms with Crippen molar-refractivity contribution >= 4 is 17.7 Å². The first kappa shape index (κ1) is 16.0. The molecule has 2 unspecified atom stereocenters. The maximum Gasteiger partial charge on any atom is 0.233 e. The van der Waals surface area contributed by atoms with E-state index in [1.165, 1.54) is 11.8 Å². The van der Waals surface area contributed by atoms with Crippen LogP contribution in [0, 0.1) is 6.92 Å². The van der Waals surface area contributed by atoms with Crippen LogP contribution in [0.2, 0.25) is 0 Å². The summed E-state index contributed by atoms with van der Waals surface area (Å²) in [4.78, 5) is 14.2. The number of aryl methyl sites for hydroxylation is 1. The number of rotatable bonds is 5. The van der Waals surface area contributed by atoms with E-state index in [1.54, 1.807) is 6.08 Å². The summed E-state index contributed by atoms with van der Waals surface area (Å²) in [5.41, 5.74) is 0. The number of aromatic nitrogens is 3. The van der Waals surface area contributed by atoms with Crippen molar-refractivity contribution in [1.29, 1.82) is 0 Å². The van der Waals surface area contributed by atoms with Gasteiger partial charge in [0, 0.05) is 19.6 Å². The standard InChI is InChI=1S/C14H22N4O2S/c1-5-6-18-12(4)15-16-14(18)21-9-13(19)17-7-10(2)20-11(3)8-17/h5,10-11H,1,6-9H2,2-4H3. The van der Waals surface area contributed by atoms with Crippen LogP contribution in [-0.2, 0) is 16.1 Å². The molecule has 1 aromatic heterocycles. The van der Waals surface area contributed by atoms with Crippen LogP contribution in [0.5, 0.6) is 0 Å². The quantitative estimate of drug-likeness (QED) is 0.609. The first-order valence-electron chi connectivity index (χ1n) is 7.08. The highest BCUT2D eigenvalue weighted by Gasteiger charge is 2.26. The van der Waals surface area contributed by atoms with E-state index in [-0.39, 0.29) is 18.1 Å². The van der Waals surface area contributed by atoms with Crippen molar-refractivity contribution in [2.45, 2.75) is 44.7 Å². The van der Waals surface area contributed by atoms with Crippen LogP contribution < -0.4 is 0 Å². The molecule has 2 rings (SSSR count). The first-order chi connectivity index (χ1) is 10.0. The summed E-state index contributed by atoms with van der Waals surface area (Å²) in [7, 11) is 0. The van der Waals surface area contributed by atoms with Crippen LogP contribution in [0.15, 0.2) is 17.8 Å². The number of carbonyl (C=O) groups is 1. The van der Waals surface area contributed by atoms with Gasteiger partial charge in [0.25, 0.3) is 0 Å². The van der Waals surface area contributed by atoms with Crippen LogP contribution in [0.1, 0.15) is 19.7 Å². The van der Waals surface area contributed by atoms with Crippen molar-refractivity contribution in [3.8, 4) is 0 Å². The molecule has 0 bridgehead atoms. The minimum atomic E-state index is 0.0920. The molecule has 1 amide bonds. The molecule has 0 spiro atoms. The molecule has 1 aromatic rings. The van der Waals surface area contributed by atoms with Gasteiger partial charge in [0.2, 0.25) is 5.91 Å². The fourth-order valence-electron chi connectivity index (χ4n) is 2.41. The number of nitrogens with zero attached hydrogens (tertiary/aromatic N) is 4. The van der Waals surface area contributed by atoms with Gasteiger partial charge in [-0.2, -0.15) is 0 Å². The third-order valence-corrected chi connectivity index (χ3v) is 4.26. The van der Waals surface area contributed by atoms with E-state index in [0.29, 0.717) is 25.4 Å². The molecular formula is C14H22N4O2S. The topological polar surface area (TPSA) is 60.2 Å². The van der Waals surface area contributed by atoms with E-state index < -0.39 is 0 Å². The maximum atomic E-state index is 12.3. The maximum absolute atomic E-state index is 12.3. The predicted octanol–water partition coefficient (Wildman–Crippen LogP) is 1.50. The second-order valence-corrected chi connectivity index (χ2v) is 6.22. The molecule has 0 aliphatic carbocycles. The van der Waals surface area contributed by atoms with Gasteiger partial charge in [-0.15, -0.1) is 16.8 Å². The summed E-state index contributed by atoms with van der Waals surface area (Å²) in [5, 5.41) is 8.92. The largest absolute Gasteiger partial charge is 0.372 e. The summed E-state index contributed by atoms with van der Waals surface area (Å²) in [6, 6.07) is 0. The zero-order valence-corrected chi connectivity index (χ0v) is 13.6. The van der Waals surface area contributed by atoms with Crippen LogP contribution in [0.4, 0.5) is 0 Å². The number of thioether (sulfide) groups is 1. The van der Waals surface area contributed by atoms with E-state index in [9.17, 15) is 4.79 Å². The molecule has 2 atom stereocenters. The van der Waals surface area contributed by atoms with Crippen molar-refractivity contribution in [3.63, 3.8) is 0 Å². The number of hydrogen-bond donors (Lipinski definition) is 0. The first-order valence-corrected chi connectivity index (χ1v) is 8.06. The Bertz CT molecular complexity index is 507. The minimum absolute atomic E-state index is 0.0920. The van der Waals surface area contributed by atoms with Gasteiger partial charge in [-0.1, -0.05) is 17.8 Å². The second-order valence-electron chi connectivity index (χ2n) is 5.27. The molecule has 0 saturated carbocycles. The molecule has 6 nitrogen and oxygen atoms in total. The average Bonchev–Trinajstić information content (AvgIpc) is 2.77. The van der Waals surface area contributed by atoms with Crippen LogP contribution >= 0.6 is 11.8 Å². The molecule has 21 heavy (non-hydrogen) atoms. The van der Waals surface area contributed by atoms with Crippen LogP contribution in [-0.4, -0.2) is 56.6 Å². The Morgan fingerprint density at radius 1 is 1.43 bits per heavy atom. The number of carbonyl (C=O) groups excluding carboxylic acids is 1. The number of ether oxygens (including phenoxy) is 1. The normalized spacial score (nSPS) is 22.3. The monoisotopic (exact) mass is 310 g/mol. The number of allylic oxidation sites excluding steroid dienone is 1. The fourth-order valence-corrected chi connectivity index (χ4v) is 3.30. The third kappa shape index (κ3) is 4.07. The van der Waals surface area contributed by atoms with Gasteiger partial charge >= 0.3 is 0 Å². The van der Waals surface area contributed by atoms with Crippen molar-refractivity contribution in [3.05, 3.63) is 18.5 Å². The third-order valence-electron chi connectivity index (χ3n) is 3.31. The van der Waals surface area contributed by atoms with Crippen molar-refractivity contribution in [1.82, 2.24) is 19.7 Å². The van der Waals surface area contributed by atoms with Crippen LogP contribution in [0.25, 0.3) is 0 Å². The van der Waals surface area contributed by atoms with Gasteiger partial charge in [0.05, 0.1) is 18.0 Å². The molecular weight excluding hydrogens is 288 g/mol. The van der Waals surface area contributed by atoms with Gasteiger partial charge in [0.1, 0.15) is 5.82 Å². The zero-order valence-electron chi connectivity index (χ0n) is 12.8. The van der Waals surface area contributed by atoms with E-state index in [2.05, 4.69) is 16.8 Å². The van der Waals surface area contributed by atoms with E-state index in [4.69, 9.17) is 4.74 Å². The Morgan fingerprint density at radius 2 is 2.10 bits per heavy atom. The van der Waals surface area contributed by atoms with E-state index >= 15 is 0 Å². The second kappa shape index (κ2) is 7.09. The Morgan fingerprint density at radius 3 is 2.71 bits per heavy atom. The van der Waals surface area contributed by atoms with Crippen molar-refractivity contribution < 1.29 is 9.53 Å². The van der Waals surface area contributed by atoms with Gasteiger partial charge in [-0.25, -0.2) is 0 Å². The number of hydrogen-bond acceptors (Lipinski definition) is 5. The Hall–Kier alpha value is -1.34. The molecule has 0 radical (unpaired) electrons. The van der Waals surface area contributed by atoms with Gasteiger partial charge in [0.15, 0.2) is 5.16 Å². The molecule has 1 aliphatic heterocycles. The van der Waals surface area contributed by atoms with E-state index in [1.807, 2.05) is 30.2 Å². The highest BCUT2D eigenvalue weighted by atomic mass is 32.2. The lowest BCUT2D eigenvalue weighted by atomic mass is 10.2. The fraction of sp³-hybridized carbons (Fsp3) is 0.643. The zero-order chi connectivity index (χ0) is 15.4. The van der Waals surface area contributed by atoms with Crippen LogP contribution in [0.3, 0.4) is 0 Å². The summed E-state index contributed by atoms with van der Waals surface area (Å²) >= 11 is 1.42. The molecule has 1 aliphatic rings. The van der Waals surface area contributed by atoms with E-state index in [0.717, 1.165) is 11.0 Å². The molecule has 1 saturated heterocycles. The highest BCUT2D eigenvalue weighted by molar-refractivity contribution is 7.99. The van der Waals surface area contributed by atoms with Gasteiger partial charge in [-0.3, -0.25) is 4.79 Å². The minimum Gasteiger partial charge on any atom is -0.372 e. The SMILES string of the molecule is C=CCn1c(C)nnc1SCC(=O)N1CC(C)OC(C)C1. The molecule has 0 aromatic carbocycles. The average molecular weight is 310 g/mol. The van der Waals surface area contributed by atoms with Gasteiger partial charge < -0.3 is 14.2 Å². The lowest BCUT2D eigenvalue weighted by Gasteiger charge is -2.35. The number of amides is 1. The summed E-state index contributed by atoms with van der Waals surface area (Å²) in [6.45, 7) is 11.6. The molecule has 7 heteroatoms. The smallest absolute Gasteiger partial charge is 0.233 e. The number of morpholine rings is 1. The highest BCUT2D eigenvalue weighted by Crippen LogP contribution is 2.19. The summed E-state index contributed by atoms with van der Waals surface area (Å²) < 4.78 is 7.60. The lowest BCUT2D eigenvalue weighted by Crippen LogP contribution is -2.48. The molecule has 116 valence electrons. The predicted molar refractivity (Wildman–Crippen MR) is 82.3 cm³/mol. The Labute approximate surface area is 129 Å².